The van der Waals surface area contributed by atoms with Gasteiger partial charge in [0.15, 0.2) is 9.84 Å². The lowest BCUT2D eigenvalue weighted by atomic mass is 10.0. The molecule has 2 rings (SSSR count). The van der Waals surface area contributed by atoms with Gasteiger partial charge in [-0.05, 0) is 32.1 Å². The van der Waals surface area contributed by atoms with Gasteiger partial charge in [-0.25, -0.2) is 13.2 Å². The predicted octanol–water partition coefficient (Wildman–Crippen LogP) is 0.460. The van der Waals surface area contributed by atoms with Gasteiger partial charge in [0.05, 0.1) is 17.0 Å². The summed E-state index contributed by atoms with van der Waals surface area (Å²) in [5.41, 5.74) is -0.685. The Balaban J connectivity index is 1.84. The molecule has 2 atom stereocenters. The smallest absolute Gasteiger partial charge is 0.317 e. The Morgan fingerprint density at radius 1 is 1.43 bits per heavy atom. The number of hydrogen-bond acceptors (Lipinski definition) is 4. The fraction of sp³-hybridized carbons (Fsp3) is 0.846. The molecule has 0 spiro atoms. The average molecular weight is 318 g/mol. The maximum Gasteiger partial charge on any atom is 0.317 e. The normalized spacial score (nSPS) is 31.3. The lowest BCUT2D eigenvalue weighted by molar-refractivity contribution is -0.137. The van der Waals surface area contributed by atoms with E-state index in [4.69, 9.17) is 5.11 Å². The third-order valence-corrected chi connectivity index (χ3v) is 6.15. The SMILES string of the molecule is CC1(NC(=O)N2CCC(CCC(=O)O)C2)CCS(=O)(=O)C1. The predicted molar refractivity (Wildman–Crippen MR) is 76.8 cm³/mol. The van der Waals surface area contributed by atoms with Gasteiger partial charge < -0.3 is 15.3 Å². The van der Waals surface area contributed by atoms with Crippen LogP contribution in [-0.2, 0) is 14.6 Å². The van der Waals surface area contributed by atoms with E-state index in [0.29, 0.717) is 25.9 Å². The highest BCUT2D eigenvalue weighted by molar-refractivity contribution is 7.91. The van der Waals surface area contributed by atoms with Crippen molar-refractivity contribution < 1.29 is 23.1 Å². The van der Waals surface area contributed by atoms with Crippen molar-refractivity contribution in [1.29, 1.82) is 0 Å². The fourth-order valence-corrected chi connectivity index (χ4v) is 5.12. The first kappa shape index (κ1) is 16.1. The maximum absolute atomic E-state index is 12.2. The van der Waals surface area contributed by atoms with Crippen molar-refractivity contribution in [1.82, 2.24) is 10.2 Å². The van der Waals surface area contributed by atoms with Crippen LogP contribution in [0.3, 0.4) is 0 Å². The van der Waals surface area contributed by atoms with Gasteiger partial charge in [-0.2, -0.15) is 0 Å². The third kappa shape index (κ3) is 4.33. The molecule has 2 saturated heterocycles. The van der Waals surface area contributed by atoms with E-state index >= 15 is 0 Å². The number of sulfone groups is 1. The van der Waals surface area contributed by atoms with Gasteiger partial charge in [-0.3, -0.25) is 4.79 Å². The summed E-state index contributed by atoms with van der Waals surface area (Å²) in [6.45, 7) is 2.90. The van der Waals surface area contributed by atoms with Gasteiger partial charge in [-0.15, -0.1) is 0 Å². The minimum absolute atomic E-state index is 0.0119. The Hall–Kier alpha value is -1.31. The summed E-state index contributed by atoms with van der Waals surface area (Å²) in [5.74, 6) is -0.499. The summed E-state index contributed by atoms with van der Waals surface area (Å²) in [4.78, 5) is 24.4. The van der Waals surface area contributed by atoms with Crippen LogP contribution in [0, 0.1) is 5.92 Å². The van der Waals surface area contributed by atoms with E-state index in [9.17, 15) is 18.0 Å². The number of hydrogen-bond donors (Lipinski definition) is 2. The Morgan fingerprint density at radius 2 is 2.14 bits per heavy atom. The number of carbonyl (C=O) groups is 2. The van der Waals surface area contributed by atoms with E-state index in [2.05, 4.69) is 5.32 Å². The average Bonchev–Trinajstić information content (AvgIpc) is 2.91. The number of rotatable bonds is 4. The first-order valence-electron chi connectivity index (χ1n) is 7.18. The number of urea groups is 1. The zero-order valence-electron chi connectivity index (χ0n) is 12.2. The first-order valence-corrected chi connectivity index (χ1v) is 9.01. The molecule has 2 N–H and O–H groups in total. The van der Waals surface area contributed by atoms with Gasteiger partial charge in [0, 0.05) is 19.5 Å². The molecule has 0 aromatic carbocycles. The second-order valence-electron chi connectivity index (χ2n) is 6.37. The highest BCUT2D eigenvalue weighted by Crippen LogP contribution is 2.25. The van der Waals surface area contributed by atoms with E-state index in [1.165, 1.54) is 0 Å². The summed E-state index contributed by atoms with van der Waals surface area (Å²) >= 11 is 0. The summed E-state index contributed by atoms with van der Waals surface area (Å²) < 4.78 is 23.1. The minimum Gasteiger partial charge on any atom is -0.481 e. The van der Waals surface area contributed by atoms with Crippen molar-refractivity contribution in [3.63, 3.8) is 0 Å². The number of carbonyl (C=O) groups excluding carboxylic acids is 1. The van der Waals surface area contributed by atoms with Crippen LogP contribution in [0.2, 0.25) is 0 Å². The van der Waals surface area contributed by atoms with E-state index in [1.807, 2.05) is 0 Å². The van der Waals surface area contributed by atoms with Crippen molar-refractivity contribution in [2.75, 3.05) is 24.6 Å². The minimum atomic E-state index is -3.05. The fourth-order valence-electron chi connectivity index (χ4n) is 3.03. The molecule has 2 aliphatic heterocycles. The number of aliphatic carboxylic acids is 1. The number of carboxylic acids is 1. The molecule has 120 valence electrons. The van der Waals surface area contributed by atoms with Crippen molar-refractivity contribution >= 4 is 21.8 Å². The summed E-state index contributed by atoms with van der Waals surface area (Å²) in [6, 6.07) is -0.243. The molecule has 21 heavy (non-hydrogen) atoms. The summed E-state index contributed by atoms with van der Waals surface area (Å²) in [7, 11) is -3.05. The number of amides is 2. The zero-order valence-corrected chi connectivity index (χ0v) is 13.0. The lowest BCUT2D eigenvalue weighted by Crippen LogP contribution is -2.51. The van der Waals surface area contributed by atoms with Crippen molar-refractivity contribution in [2.24, 2.45) is 5.92 Å². The molecule has 2 fully saturated rings. The van der Waals surface area contributed by atoms with Crippen LogP contribution in [-0.4, -0.2) is 60.6 Å². The van der Waals surface area contributed by atoms with Gasteiger partial charge in [0.25, 0.3) is 0 Å². The zero-order chi connectivity index (χ0) is 15.7. The molecular formula is C13H22N2O5S. The number of likely N-dealkylation sites (tertiary alicyclic amines) is 1. The molecule has 0 aromatic heterocycles. The number of carboxylic acid groups (broad SMARTS) is 1. The molecule has 2 unspecified atom stereocenters. The Kier molecular flexibility index (Phi) is 4.46. The largest absolute Gasteiger partial charge is 0.481 e. The van der Waals surface area contributed by atoms with Gasteiger partial charge >= 0.3 is 12.0 Å². The molecule has 2 heterocycles. The summed E-state index contributed by atoms with van der Waals surface area (Å²) in [6.07, 6.45) is 1.94. The van der Waals surface area contributed by atoms with Crippen LogP contribution >= 0.6 is 0 Å². The molecule has 0 aliphatic carbocycles. The standard InChI is InChI=1S/C13H22N2O5S/c1-13(5-7-21(19,20)9-13)14-12(18)15-6-4-10(8-15)2-3-11(16)17/h10H,2-9H2,1H3,(H,14,18)(H,16,17). The molecule has 8 heteroatoms. The van der Waals surface area contributed by atoms with E-state index in [1.54, 1.807) is 11.8 Å². The Bertz CT molecular complexity index is 533. The third-order valence-electron chi connectivity index (χ3n) is 4.25. The van der Waals surface area contributed by atoms with Crippen LogP contribution in [0.15, 0.2) is 0 Å². The number of nitrogens with one attached hydrogen (secondary N) is 1. The Morgan fingerprint density at radius 3 is 2.71 bits per heavy atom. The molecule has 2 amide bonds. The number of nitrogens with zero attached hydrogens (tertiary/aromatic N) is 1. The summed E-state index contributed by atoms with van der Waals surface area (Å²) in [5, 5.41) is 11.5. The molecule has 0 aromatic rings. The van der Waals surface area contributed by atoms with E-state index < -0.39 is 21.3 Å². The van der Waals surface area contributed by atoms with Crippen LogP contribution < -0.4 is 5.32 Å². The van der Waals surface area contributed by atoms with Crippen LogP contribution in [0.1, 0.15) is 32.6 Å². The monoisotopic (exact) mass is 318 g/mol. The molecular weight excluding hydrogens is 296 g/mol. The first-order chi connectivity index (χ1) is 9.69. The second kappa shape index (κ2) is 5.82. The Labute approximate surface area is 124 Å². The van der Waals surface area contributed by atoms with Crippen LogP contribution in [0.4, 0.5) is 4.79 Å². The quantitative estimate of drug-likeness (QED) is 0.783. The van der Waals surface area contributed by atoms with E-state index in [0.717, 1.165) is 6.42 Å². The van der Waals surface area contributed by atoms with Crippen LogP contribution in [0.5, 0.6) is 0 Å². The highest BCUT2D eigenvalue weighted by Gasteiger charge is 2.40. The highest BCUT2D eigenvalue weighted by atomic mass is 32.2. The molecule has 0 radical (unpaired) electrons. The van der Waals surface area contributed by atoms with Crippen LogP contribution in [0.25, 0.3) is 0 Å². The van der Waals surface area contributed by atoms with E-state index in [-0.39, 0.29) is 29.9 Å². The topological polar surface area (TPSA) is 104 Å². The van der Waals surface area contributed by atoms with Gasteiger partial charge in [-0.1, -0.05) is 0 Å². The van der Waals surface area contributed by atoms with Gasteiger partial charge in [0.2, 0.25) is 0 Å². The molecule has 0 bridgehead atoms. The molecule has 2 aliphatic rings. The maximum atomic E-state index is 12.2. The molecule has 7 nitrogen and oxygen atoms in total. The van der Waals surface area contributed by atoms with Crippen molar-refractivity contribution in [2.45, 2.75) is 38.1 Å². The van der Waals surface area contributed by atoms with Crippen molar-refractivity contribution in [3.8, 4) is 0 Å². The van der Waals surface area contributed by atoms with Gasteiger partial charge in [0.1, 0.15) is 0 Å². The van der Waals surface area contributed by atoms with Crippen molar-refractivity contribution in [3.05, 3.63) is 0 Å². The second-order valence-corrected chi connectivity index (χ2v) is 8.55. The molecule has 0 saturated carbocycles. The lowest BCUT2D eigenvalue weighted by Gasteiger charge is -2.27.